The fourth-order valence-electron chi connectivity index (χ4n) is 3.49. The van der Waals surface area contributed by atoms with Crippen LogP contribution in [0.4, 0.5) is 0 Å². The zero-order valence-electron chi connectivity index (χ0n) is 13.5. The second kappa shape index (κ2) is 8.23. The summed E-state index contributed by atoms with van der Waals surface area (Å²) in [7, 11) is 3.67. The van der Waals surface area contributed by atoms with Crippen LogP contribution in [0, 0.1) is 11.8 Å². The Morgan fingerprint density at radius 3 is 2.37 bits per heavy atom. The van der Waals surface area contributed by atoms with Crippen LogP contribution in [-0.4, -0.2) is 39.0 Å². The highest BCUT2D eigenvalue weighted by Gasteiger charge is 2.43. The van der Waals surface area contributed by atoms with Crippen LogP contribution < -0.4 is 5.32 Å². The molecule has 1 saturated carbocycles. The largest absolute Gasteiger partial charge is 0.385 e. The van der Waals surface area contributed by atoms with E-state index in [1.807, 2.05) is 7.11 Å². The molecule has 0 spiro atoms. The van der Waals surface area contributed by atoms with E-state index in [4.69, 9.17) is 9.47 Å². The van der Waals surface area contributed by atoms with E-state index in [0.717, 1.165) is 25.5 Å². The molecule has 0 amide bonds. The molecule has 3 nitrogen and oxygen atoms in total. The van der Waals surface area contributed by atoms with E-state index in [-0.39, 0.29) is 5.60 Å². The number of rotatable bonds is 8. The Kier molecular flexibility index (Phi) is 7.33. The SMILES string of the molecule is CCNC(C(C)CCOC)C1(OC)CCC(C)CC1. The summed E-state index contributed by atoms with van der Waals surface area (Å²) in [6, 6.07) is 0.435. The average molecular weight is 271 g/mol. The highest BCUT2D eigenvalue weighted by Crippen LogP contribution is 2.39. The molecule has 0 heterocycles. The zero-order valence-corrected chi connectivity index (χ0v) is 13.5. The first-order valence-electron chi connectivity index (χ1n) is 7.87. The van der Waals surface area contributed by atoms with E-state index in [2.05, 4.69) is 26.1 Å². The van der Waals surface area contributed by atoms with Gasteiger partial charge in [-0.1, -0.05) is 20.8 Å². The van der Waals surface area contributed by atoms with Crippen molar-refractivity contribution in [3.05, 3.63) is 0 Å². The molecule has 0 aliphatic heterocycles. The van der Waals surface area contributed by atoms with E-state index < -0.39 is 0 Å². The number of ether oxygens (including phenoxy) is 2. The molecular weight excluding hydrogens is 238 g/mol. The Labute approximate surface area is 119 Å². The van der Waals surface area contributed by atoms with Gasteiger partial charge in [-0.05, 0) is 50.5 Å². The van der Waals surface area contributed by atoms with Crippen LogP contribution in [0.2, 0.25) is 0 Å². The summed E-state index contributed by atoms with van der Waals surface area (Å²) < 4.78 is 11.3. The lowest BCUT2D eigenvalue weighted by molar-refractivity contribution is -0.0882. The monoisotopic (exact) mass is 271 g/mol. The summed E-state index contributed by atoms with van der Waals surface area (Å²) in [6.45, 7) is 8.70. The molecule has 114 valence electrons. The second-order valence-electron chi connectivity index (χ2n) is 6.25. The van der Waals surface area contributed by atoms with Crippen LogP contribution in [0.15, 0.2) is 0 Å². The normalized spacial score (nSPS) is 31.1. The molecule has 19 heavy (non-hydrogen) atoms. The van der Waals surface area contributed by atoms with Gasteiger partial charge in [-0.3, -0.25) is 0 Å². The highest BCUT2D eigenvalue weighted by molar-refractivity contribution is 4.98. The number of hydrogen-bond acceptors (Lipinski definition) is 3. The average Bonchev–Trinajstić information content (AvgIpc) is 2.44. The first kappa shape index (κ1) is 16.9. The van der Waals surface area contributed by atoms with Gasteiger partial charge in [0.2, 0.25) is 0 Å². The summed E-state index contributed by atoms with van der Waals surface area (Å²) in [6.07, 6.45) is 6.02. The van der Waals surface area contributed by atoms with Gasteiger partial charge in [0.05, 0.1) is 5.60 Å². The number of likely N-dealkylation sites (N-methyl/N-ethyl adjacent to an activating group) is 1. The molecule has 2 unspecified atom stereocenters. The lowest BCUT2D eigenvalue weighted by Gasteiger charge is -2.46. The zero-order chi connectivity index (χ0) is 14.3. The van der Waals surface area contributed by atoms with Crippen molar-refractivity contribution in [2.24, 2.45) is 11.8 Å². The standard InChI is InChI=1S/C16H33NO2/c1-6-17-15(14(3)9-12-18-4)16(19-5)10-7-13(2)8-11-16/h13-15,17H,6-12H2,1-5H3. The van der Waals surface area contributed by atoms with Crippen molar-refractivity contribution >= 4 is 0 Å². The Balaban J connectivity index is 2.75. The van der Waals surface area contributed by atoms with E-state index in [0.29, 0.717) is 12.0 Å². The minimum atomic E-state index is 0.0235. The van der Waals surface area contributed by atoms with Gasteiger partial charge in [0.15, 0.2) is 0 Å². The Bertz CT molecular complexity index is 237. The molecule has 0 aromatic rings. The number of hydrogen-bond donors (Lipinski definition) is 1. The molecule has 1 aliphatic rings. The van der Waals surface area contributed by atoms with Gasteiger partial charge in [0.25, 0.3) is 0 Å². The van der Waals surface area contributed by atoms with Crippen LogP contribution in [0.5, 0.6) is 0 Å². The fourth-order valence-corrected chi connectivity index (χ4v) is 3.49. The predicted octanol–water partition coefficient (Wildman–Crippen LogP) is 3.23. The van der Waals surface area contributed by atoms with Crippen molar-refractivity contribution in [2.75, 3.05) is 27.4 Å². The molecule has 0 aromatic carbocycles. The highest BCUT2D eigenvalue weighted by atomic mass is 16.5. The summed E-state index contributed by atoms with van der Waals surface area (Å²) in [5.74, 6) is 1.42. The van der Waals surface area contributed by atoms with Crippen molar-refractivity contribution in [3.8, 4) is 0 Å². The first-order chi connectivity index (χ1) is 9.09. The minimum absolute atomic E-state index is 0.0235. The van der Waals surface area contributed by atoms with Gasteiger partial charge in [-0.2, -0.15) is 0 Å². The lowest BCUT2D eigenvalue weighted by atomic mass is 9.71. The third-order valence-electron chi connectivity index (χ3n) is 4.86. The van der Waals surface area contributed by atoms with Crippen LogP contribution in [0.3, 0.4) is 0 Å². The third kappa shape index (κ3) is 4.44. The molecule has 2 atom stereocenters. The first-order valence-corrected chi connectivity index (χ1v) is 7.87. The van der Waals surface area contributed by atoms with Crippen molar-refractivity contribution < 1.29 is 9.47 Å². The molecule has 0 saturated heterocycles. The van der Waals surface area contributed by atoms with E-state index in [9.17, 15) is 0 Å². The molecule has 1 N–H and O–H groups in total. The van der Waals surface area contributed by atoms with Crippen LogP contribution in [-0.2, 0) is 9.47 Å². The van der Waals surface area contributed by atoms with Crippen LogP contribution in [0.1, 0.15) is 52.9 Å². The molecule has 1 rings (SSSR count). The smallest absolute Gasteiger partial charge is 0.0833 e. The molecule has 1 aliphatic carbocycles. The van der Waals surface area contributed by atoms with E-state index in [1.54, 1.807) is 7.11 Å². The predicted molar refractivity (Wildman–Crippen MR) is 80.5 cm³/mol. The topological polar surface area (TPSA) is 30.5 Å². The molecular formula is C16H33NO2. The lowest BCUT2D eigenvalue weighted by Crippen LogP contribution is -2.57. The van der Waals surface area contributed by atoms with Crippen molar-refractivity contribution in [1.82, 2.24) is 5.32 Å². The molecule has 1 fully saturated rings. The van der Waals surface area contributed by atoms with Crippen molar-refractivity contribution in [2.45, 2.75) is 64.5 Å². The molecule has 3 heteroatoms. The van der Waals surface area contributed by atoms with Gasteiger partial charge in [-0.15, -0.1) is 0 Å². The number of nitrogens with one attached hydrogen (secondary N) is 1. The van der Waals surface area contributed by atoms with Crippen LogP contribution in [0.25, 0.3) is 0 Å². The Morgan fingerprint density at radius 1 is 1.26 bits per heavy atom. The fraction of sp³-hybridized carbons (Fsp3) is 1.00. The summed E-state index contributed by atoms with van der Waals surface area (Å²) >= 11 is 0. The Hall–Kier alpha value is -0.120. The molecule has 0 bridgehead atoms. The van der Waals surface area contributed by atoms with Gasteiger partial charge in [-0.25, -0.2) is 0 Å². The molecule has 0 aromatic heterocycles. The van der Waals surface area contributed by atoms with Gasteiger partial charge in [0.1, 0.15) is 0 Å². The maximum atomic E-state index is 6.04. The summed E-state index contributed by atoms with van der Waals surface area (Å²) in [4.78, 5) is 0. The van der Waals surface area contributed by atoms with Gasteiger partial charge < -0.3 is 14.8 Å². The van der Waals surface area contributed by atoms with Crippen molar-refractivity contribution in [1.29, 1.82) is 0 Å². The Morgan fingerprint density at radius 2 is 1.89 bits per heavy atom. The molecule has 0 radical (unpaired) electrons. The third-order valence-corrected chi connectivity index (χ3v) is 4.86. The summed E-state index contributed by atoms with van der Waals surface area (Å²) in [5.41, 5.74) is 0.0235. The van der Waals surface area contributed by atoms with Gasteiger partial charge in [0, 0.05) is 26.9 Å². The van der Waals surface area contributed by atoms with Crippen molar-refractivity contribution in [3.63, 3.8) is 0 Å². The van der Waals surface area contributed by atoms with E-state index >= 15 is 0 Å². The summed E-state index contributed by atoms with van der Waals surface area (Å²) in [5, 5.41) is 3.69. The van der Waals surface area contributed by atoms with E-state index in [1.165, 1.54) is 25.7 Å². The minimum Gasteiger partial charge on any atom is -0.385 e. The quantitative estimate of drug-likeness (QED) is 0.735. The maximum absolute atomic E-state index is 6.04. The number of methoxy groups -OCH3 is 2. The maximum Gasteiger partial charge on any atom is 0.0833 e. The van der Waals surface area contributed by atoms with Gasteiger partial charge >= 0.3 is 0 Å². The van der Waals surface area contributed by atoms with Crippen LogP contribution >= 0.6 is 0 Å². The second-order valence-corrected chi connectivity index (χ2v) is 6.25.